The van der Waals surface area contributed by atoms with Crippen molar-refractivity contribution >= 4 is 33.4 Å². The molecule has 2 heterocycles. The molecule has 1 atom stereocenters. The number of nitrogens with zero attached hydrogens (tertiary/aromatic N) is 2. The van der Waals surface area contributed by atoms with Crippen molar-refractivity contribution in [3.05, 3.63) is 47.1 Å². The lowest BCUT2D eigenvalue weighted by molar-refractivity contribution is -0.150. The lowest BCUT2D eigenvalue weighted by Gasteiger charge is -2.18. The fourth-order valence-corrected chi connectivity index (χ4v) is 3.90. The Morgan fingerprint density at radius 3 is 2.81 bits per heavy atom. The predicted octanol–water partition coefficient (Wildman–Crippen LogP) is 2.43. The van der Waals surface area contributed by atoms with Crippen molar-refractivity contribution in [2.24, 2.45) is 0 Å². The summed E-state index contributed by atoms with van der Waals surface area (Å²) in [6.07, 6.45) is 0.891. The molecule has 0 saturated heterocycles. The number of esters is 1. The highest BCUT2D eigenvalue weighted by molar-refractivity contribution is 7.92. The maximum Gasteiger partial charge on any atom is 0.347 e. The Kier molecular flexibility index (Phi) is 5.06. The highest BCUT2D eigenvalue weighted by atomic mass is 35.5. The Balaban J connectivity index is 1.86. The zero-order chi connectivity index (χ0) is 18.9. The Morgan fingerprint density at radius 1 is 1.38 bits per heavy atom. The molecule has 7 nitrogen and oxygen atoms in total. The van der Waals surface area contributed by atoms with Crippen LogP contribution in [0.3, 0.4) is 0 Å². The third-order valence-electron chi connectivity index (χ3n) is 3.95. The van der Waals surface area contributed by atoms with Crippen molar-refractivity contribution in [2.75, 3.05) is 18.0 Å². The number of hydrogen-bond donors (Lipinski definition) is 0. The van der Waals surface area contributed by atoms with Gasteiger partial charge in [-0.1, -0.05) is 11.6 Å². The van der Waals surface area contributed by atoms with Crippen LogP contribution in [0.25, 0.3) is 0 Å². The third-order valence-corrected chi connectivity index (χ3v) is 5.93. The van der Waals surface area contributed by atoms with Crippen molar-refractivity contribution in [3.8, 4) is 5.75 Å². The molecule has 0 spiro atoms. The number of aromatic nitrogens is 1. The zero-order valence-corrected chi connectivity index (χ0v) is 15.7. The van der Waals surface area contributed by atoms with Crippen LogP contribution in [0.15, 0.2) is 41.4 Å². The number of halogens is 1. The van der Waals surface area contributed by atoms with Gasteiger partial charge in [-0.15, -0.1) is 0 Å². The van der Waals surface area contributed by atoms with E-state index in [-0.39, 0.29) is 23.7 Å². The van der Waals surface area contributed by atoms with Gasteiger partial charge in [0.05, 0.1) is 16.5 Å². The minimum Gasteiger partial charge on any atom is -0.478 e. The van der Waals surface area contributed by atoms with E-state index >= 15 is 0 Å². The number of ether oxygens (including phenoxy) is 2. The van der Waals surface area contributed by atoms with Crippen LogP contribution in [-0.4, -0.2) is 39.1 Å². The van der Waals surface area contributed by atoms with Crippen molar-refractivity contribution < 1.29 is 22.7 Å². The Labute approximate surface area is 156 Å². The van der Waals surface area contributed by atoms with E-state index in [4.69, 9.17) is 21.1 Å². The molecule has 9 heteroatoms. The molecular formula is C17H17ClN2O5S. The fourth-order valence-electron chi connectivity index (χ4n) is 2.59. The summed E-state index contributed by atoms with van der Waals surface area (Å²) in [6, 6.07) is 7.58. The summed E-state index contributed by atoms with van der Waals surface area (Å²) in [5.41, 5.74) is 0.640. The van der Waals surface area contributed by atoms with Crippen LogP contribution in [0.1, 0.15) is 12.5 Å². The molecule has 0 radical (unpaired) electrons. The molecular weight excluding hydrogens is 380 g/mol. The molecule has 0 amide bonds. The van der Waals surface area contributed by atoms with Gasteiger partial charge in [-0.3, -0.25) is 4.31 Å². The standard InChI is InChI=1S/C17H17ClN2O5S/c1-3-24-17(21)15-9-11-8-13(5-6-14(11)25-15)26(22,23)20(2)16-7-4-12(18)10-19-16/h4-8,10,15H,3,9H2,1-2H3/t15-/m1/s1. The number of benzene rings is 1. The smallest absolute Gasteiger partial charge is 0.347 e. The first-order valence-corrected chi connectivity index (χ1v) is 9.71. The number of rotatable bonds is 5. The number of sulfonamides is 1. The molecule has 0 aliphatic carbocycles. The van der Waals surface area contributed by atoms with Gasteiger partial charge < -0.3 is 9.47 Å². The van der Waals surface area contributed by atoms with Crippen LogP contribution < -0.4 is 9.04 Å². The molecule has 0 unspecified atom stereocenters. The minimum absolute atomic E-state index is 0.0867. The van der Waals surface area contributed by atoms with Crippen LogP contribution >= 0.6 is 11.6 Å². The molecule has 0 N–H and O–H groups in total. The summed E-state index contributed by atoms with van der Waals surface area (Å²) in [7, 11) is -2.40. The van der Waals surface area contributed by atoms with Crippen LogP contribution in [0.4, 0.5) is 5.82 Å². The number of hydrogen-bond acceptors (Lipinski definition) is 6. The lowest BCUT2D eigenvalue weighted by atomic mass is 10.1. The number of fused-ring (bicyclic) bond motifs is 1. The summed E-state index contributed by atoms with van der Waals surface area (Å²) in [4.78, 5) is 15.9. The first-order chi connectivity index (χ1) is 12.3. The van der Waals surface area contributed by atoms with E-state index in [1.807, 2.05) is 0 Å². The van der Waals surface area contributed by atoms with E-state index in [1.54, 1.807) is 19.1 Å². The van der Waals surface area contributed by atoms with Crippen molar-refractivity contribution in [1.82, 2.24) is 4.98 Å². The lowest BCUT2D eigenvalue weighted by Crippen LogP contribution is -2.27. The number of pyridine rings is 1. The topological polar surface area (TPSA) is 85.8 Å². The molecule has 0 fully saturated rings. The molecule has 26 heavy (non-hydrogen) atoms. The summed E-state index contributed by atoms with van der Waals surface area (Å²) in [5.74, 6) is 0.264. The second kappa shape index (κ2) is 7.13. The van der Waals surface area contributed by atoms with Crippen molar-refractivity contribution in [3.63, 3.8) is 0 Å². The molecule has 2 aromatic rings. The van der Waals surface area contributed by atoms with E-state index in [2.05, 4.69) is 4.98 Å². The number of carbonyl (C=O) groups is 1. The summed E-state index contributed by atoms with van der Waals surface area (Å²) < 4.78 is 37.3. The molecule has 3 rings (SSSR count). The van der Waals surface area contributed by atoms with Gasteiger partial charge in [0.1, 0.15) is 11.6 Å². The number of carbonyl (C=O) groups excluding carboxylic acids is 1. The Morgan fingerprint density at radius 2 is 2.15 bits per heavy atom. The third kappa shape index (κ3) is 3.47. The molecule has 0 bridgehead atoms. The van der Waals surface area contributed by atoms with Crippen molar-refractivity contribution in [2.45, 2.75) is 24.3 Å². The highest BCUT2D eigenvalue weighted by Crippen LogP contribution is 2.32. The van der Waals surface area contributed by atoms with Crippen LogP contribution in [0.5, 0.6) is 5.75 Å². The molecule has 1 aliphatic rings. The monoisotopic (exact) mass is 396 g/mol. The normalized spacial score (nSPS) is 15.9. The molecule has 1 aromatic carbocycles. The second-order valence-electron chi connectivity index (χ2n) is 5.64. The first kappa shape index (κ1) is 18.5. The van der Waals surface area contributed by atoms with Gasteiger partial charge in [-0.25, -0.2) is 18.2 Å². The Bertz CT molecular complexity index is 931. The molecule has 1 aromatic heterocycles. The SMILES string of the molecule is CCOC(=O)[C@H]1Cc2cc(S(=O)(=O)N(C)c3ccc(Cl)cn3)ccc2O1. The number of anilines is 1. The largest absolute Gasteiger partial charge is 0.478 e. The van der Waals surface area contributed by atoms with Gasteiger partial charge in [0.15, 0.2) is 6.10 Å². The van der Waals surface area contributed by atoms with E-state index in [0.29, 0.717) is 16.3 Å². The van der Waals surface area contributed by atoms with E-state index in [0.717, 1.165) is 4.31 Å². The summed E-state index contributed by atoms with van der Waals surface area (Å²) >= 11 is 5.79. The summed E-state index contributed by atoms with van der Waals surface area (Å²) in [6.45, 7) is 1.97. The maximum absolute atomic E-state index is 12.9. The average molecular weight is 397 g/mol. The van der Waals surface area contributed by atoms with Gasteiger partial charge in [0, 0.05) is 19.7 Å². The van der Waals surface area contributed by atoms with Crippen molar-refractivity contribution in [1.29, 1.82) is 0 Å². The van der Waals surface area contributed by atoms with Gasteiger partial charge in [0.25, 0.3) is 10.0 Å². The minimum atomic E-state index is -3.82. The van der Waals surface area contributed by atoms with Crippen LogP contribution in [0, 0.1) is 0 Å². The van der Waals surface area contributed by atoms with Gasteiger partial charge in [-0.2, -0.15) is 0 Å². The average Bonchev–Trinajstić information content (AvgIpc) is 3.05. The van der Waals surface area contributed by atoms with Gasteiger partial charge >= 0.3 is 5.97 Å². The summed E-state index contributed by atoms with van der Waals surface area (Å²) in [5, 5.41) is 0.416. The first-order valence-electron chi connectivity index (χ1n) is 7.89. The maximum atomic E-state index is 12.9. The second-order valence-corrected chi connectivity index (χ2v) is 8.05. The fraction of sp³-hybridized carbons (Fsp3) is 0.294. The highest BCUT2D eigenvalue weighted by Gasteiger charge is 2.32. The molecule has 138 valence electrons. The van der Waals surface area contributed by atoms with Crippen LogP contribution in [-0.2, 0) is 26.0 Å². The van der Waals surface area contributed by atoms with E-state index in [9.17, 15) is 13.2 Å². The Hall–Kier alpha value is -2.32. The zero-order valence-electron chi connectivity index (χ0n) is 14.2. The van der Waals surface area contributed by atoms with Gasteiger partial charge in [-0.05, 0) is 42.8 Å². The van der Waals surface area contributed by atoms with E-state index < -0.39 is 22.1 Å². The van der Waals surface area contributed by atoms with E-state index in [1.165, 1.54) is 31.4 Å². The van der Waals surface area contributed by atoms with Gasteiger partial charge in [0.2, 0.25) is 0 Å². The van der Waals surface area contributed by atoms with Crippen LogP contribution in [0.2, 0.25) is 5.02 Å². The quantitative estimate of drug-likeness (QED) is 0.721. The predicted molar refractivity (Wildman–Crippen MR) is 96.0 cm³/mol. The molecule has 0 saturated carbocycles. The molecule has 1 aliphatic heterocycles.